The Hall–Kier alpha value is -2.41. The second kappa shape index (κ2) is 10.8. The molecule has 3 rings (SSSR count). The lowest BCUT2D eigenvalue weighted by Gasteiger charge is -2.35. The number of hydrogen-bond donors (Lipinski definition) is 2. The van der Waals surface area contributed by atoms with Gasteiger partial charge in [0.05, 0.1) is 12.6 Å². The highest BCUT2D eigenvalue weighted by Crippen LogP contribution is 2.40. The number of carboxylic acids is 1. The molecule has 1 saturated heterocycles. The summed E-state index contributed by atoms with van der Waals surface area (Å²) in [6.45, 7) is -1.00. The van der Waals surface area contributed by atoms with E-state index in [1.165, 1.54) is 4.90 Å². The Morgan fingerprint density at radius 3 is 2.68 bits per heavy atom. The van der Waals surface area contributed by atoms with Gasteiger partial charge < -0.3 is 14.7 Å². The zero-order chi connectivity index (χ0) is 24.9. The van der Waals surface area contributed by atoms with Crippen LogP contribution in [0.4, 0.5) is 0 Å². The first-order valence-electron chi connectivity index (χ1n) is 12.6. The van der Waals surface area contributed by atoms with Crippen molar-refractivity contribution in [1.82, 2.24) is 10.2 Å². The quantitative estimate of drug-likeness (QED) is 0.582. The zero-order valence-corrected chi connectivity index (χ0v) is 18.0. The van der Waals surface area contributed by atoms with Gasteiger partial charge in [0.2, 0.25) is 5.91 Å². The lowest BCUT2D eigenvalue weighted by Crippen LogP contribution is -2.55. The van der Waals surface area contributed by atoms with Gasteiger partial charge in [0.25, 0.3) is 0 Å². The lowest BCUT2D eigenvalue weighted by molar-refractivity contribution is -0.152. The van der Waals surface area contributed by atoms with Gasteiger partial charge in [-0.2, -0.15) is 0 Å². The standard InChI is InChI=1S/C24H34N2O5/c1-3-31-24(30)19(14-13-17-9-5-4-6-10-17)25-16(2)22(27)26-20-12-8-7-11-18(20)15-21(26)23(28)29/h4-6,9-10,16,18-21,25H,3,7-8,11-15H2,1-2H3,(H,28,29)/t16-,18+,19+,20-,21-/m0/s1/i2D3. The smallest absolute Gasteiger partial charge is 0.326 e. The largest absolute Gasteiger partial charge is 0.480 e. The molecule has 1 saturated carbocycles. The monoisotopic (exact) mass is 433 g/mol. The number of ether oxygens (including phenoxy) is 1. The molecule has 2 N–H and O–H groups in total. The van der Waals surface area contributed by atoms with Crippen LogP contribution in [0.15, 0.2) is 30.3 Å². The number of nitrogens with zero attached hydrogens (tertiary/aromatic N) is 1. The molecule has 0 spiro atoms. The third-order valence-corrected chi connectivity index (χ3v) is 6.38. The van der Waals surface area contributed by atoms with E-state index >= 15 is 0 Å². The fourth-order valence-electron chi connectivity index (χ4n) is 4.89. The second-order valence-corrected chi connectivity index (χ2v) is 8.38. The summed E-state index contributed by atoms with van der Waals surface area (Å²) in [5, 5.41) is 12.5. The van der Waals surface area contributed by atoms with Crippen molar-refractivity contribution < 1.29 is 28.3 Å². The molecular weight excluding hydrogens is 396 g/mol. The average Bonchev–Trinajstić information content (AvgIpc) is 3.19. The van der Waals surface area contributed by atoms with Crippen LogP contribution in [0, 0.1) is 5.92 Å². The number of aryl methyl sites for hydroxylation is 1. The van der Waals surface area contributed by atoms with Crippen molar-refractivity contribution in [2.24, 2.45) is 5.92 Å². The maximum Gasteiger partial charge on any atom is 0.326 e. The van der Waals surface area contributed by atoms with Crippen molar-refractivity contribution in [3.63, 3.8) is 0 Å². The molecule has 7 heteroatoms. The lowest BCUT2D eigenvalue weighted by atomic mass is 9.84. The number of carbonyl (C=O) groups excluding carboxylic acids is 2. The van der Waals surface area contributed by atoms with Crippen LogP contribution in [0.2, 0.25) is 0 Å². The summed E-state index contributed by atoms with van der Waals surface area (Å²) in [5.41, 5.74) is 0.964. The summed E-state index contributed by atoms with van der Waals surface area (Å²) in [5.74, 6) is -2.49. The summed E-state index contributed by atoms with van der Waals surface area (Å²) in [6, 6.07) is 5.34. The summed E-state index contributed by atoms with van der Waals surface area (Å²) >= 11 is 0. The highest BCUT2D eigenvalue weighted by molar-refractivity contribution is 5.88. The Morgan fingerprint density at radius 2 is 2.00 bits per heavy atom. The average molecular weight is 434 g/mol. The van der Waals surface area contributed by atoms with E-state index < -0.39 is 42.8 Å². The van der Waals surface area contributed by atoms with Crippen LogP contribution in [-0.2, 0) is 25.5 Å². The number of carboxylic acid groups (broad SMARTS) is 1. The summed E-state index contributed by atoms with van der Waals surface area (Å²) in [6.07, 6.45) is 4.36. The number of esters is 1. The number of fused-ring (bicyclic) bond motifs is 1. The molecule has 7 nitrogen and oxygen atoms in total. The van der Waals surface area contributed by atoms with E-state index in [-0.39, 0.29) is 25.0 Å². The molecule has 170 valence electrons. The summed E-state index contributed by atoms with van der Waals surface area (Å²) in [4.78, 5) is 39.6. The number of amides is 1. The first kappa shape index (κ1) is 19.3. The Morgan fingerprint density at radius 1 is 1.26 bits per heavy atom. The fraction of sp³-hybridized carbons (Fsp3) is 0.625. The summed E-state index contributed by atoms with van der Waals surface area (Å²) < 4.78 is 29.3. The van der Waals surface area contributed by atoms with Crippen LogP contribution >= 0.6 is 0 Å². The van der Waals surface area contributed by atoms with E-state index in [1.54, 1.807) is 6.92 Å². The molecule has 1 heterocycles. The van der Waals surface area contributed by atoms with Crippen molar-refractivity contribution in [2.45, 2.75) is 82.9 Å². The van der Waals surface area contributed by atoms with E-state index in [2.05, 4.69) is 5.32 Å². The number of likely N-dealkylation sites (tertiary alicyclic amines) is 1. The minimum Gasteiger partial charge on any atom is -0.480 e. The minimum absolute atomic E-state index is 0.0509. The van der Waals surface area contributed by atoms with Gasteiger partial charge in [0, 0.05) is 10.2 Å². The zero-order valence-electron chi connectivity index (χ0n) is 21.0. The summed E-state index contributed by atoms with van der Waals surface area (Å²) in [7, 11) is 0. The first-order valence-corrected chi connectivity index (χ1v) is 11.1. The van der Waals surface area contributed by atoms with Crippen LogP contribution in [0.1, 0.15) is 62.0 Å². The van der Waals surface area contributed by atoms with Gasteiger partial charge in [0.15, 0.2) is 0 Å². The predicted molar refractivity (Wildman–Crippen MR) is 116 cm³/mol. The van der Waals surface area contributed by atoms with Crippen molar-refractivity contribution in [3.05, 3.63) is 35.9 Å². The van der Waals surface area contributed by atoms with Crippen molar-refractivity contribution in [2.75, 3.05) is 6.61 Å². The van der Waals surface area contributed by atoms with Crippen LogP contribution in [0.3, 0.4) is 0 Å². The van der Waals surface area contributed by atoms with E-state index in [9.17, 15) is 19.5 Å². The highest BCUT2D eigenvalue weighted by atomic mass is 16.5. The van der Waals surface area contributed by atoms with E-state index in [0.29, 0.717) is 19.3 Å². The molecule has 0 aromatic heterocycles. The fourth-order valence-corrected chi connectivity index (χ4v) is 4.89. The number of rotatable bonds is 9. The Bertz CT molecular complexity index is 864. The second-order valence-electron chi connectivity index (χ2n) is 8.38. The molecule has 2 aliphatic rings. The van der Waals surface area contributed by atoms with Crippen LogP contribution in [-0.4, -0.2) is 58.6 Å². The molecule has 2 fully saturated rings. The highest BCUT2D eigenvalue weighted by Gasteiger charge is 2.48. The number of nitrogens with one attached hydrogen (secondary N) is 1. The third kappa shape index (κ3) is 5.64. The number of carbonyl (C=O) groups is 3. The maximum atomic E-state index is 13.6. The van der Waals surface area contributed by atoms with Gasteiger partial charge >= 0.3 is 11.9 Å². The van der Waals surface area contributed by atoms with Gasteiger partial charge in [-0.15, -0.1) is 0 Å². The van der Waals surface area contributed by atoms with Crippen molar-refractivity contribution >= 4 is 17.8 Å². The molecule has 31 heavy (non-hydrogen) atoms. The van der Waals surface area contributed by atoms with Gasteiger partial charge in [-0.3, -0.25) is 14.9 Å². The molecule has 1 aliphatic heterocycles. The van der Waals surface area contributed by atoms with Crippen LogP contribution in [0.25, 0.3) is 0 Å². The SMILES string of the molecule is [2H]C([2H])([2H])[C@H](N[C@H](CCc1ccccc1)C(=O)OCC)C(=O)N1[C@H](C(=O)O)C[C@H]2CCCC[C@@H]21. The molecule has 5 atom stereocenters. The van der Waals surface area contributed by atoms with Gasteiger partial charge in [-0.05, 0) is 57.4 Å². The maximum absolute atomic E-state index is 13.6. The molecule has 1 amide bonds. The molecular formula is C24H34N2O5. The minimum atomic E-state index is -2.77. The topological polar surface area (TPSA) is 95.9 Å². The van der Waals surface area contributed by atoms with E-state index in [0.717, 1.165) is 24.8 Å². The third-order valence-electron chi connectivity index (χ3n) is 6.38. The Kier molecular flexibility index (Phi) is 6.69. The first-order chi connectivity index (χ1) is 16.1. The number of benzene rings is 1. The Balaban J connectivity index is 1.85. The van der Waals surface area contributed by atoms with E-state index in [4.69, 9.17) is 8.85 Å². The van der Waals surface area contributed by atoms with Gasteiger partial charge in [-0.1, -0.05) is 43.2 Å². The van der Waals surface area contributed by atoms with Crippen molar-refractivity contribution in [1.29, 1.82) is 0 Å². The number of hydrogen-bond acceptors (Lipinski definition) is 5. The van der Waals surface area contributed by atoms with Crippen LogP contribution in [0.5, 0.6) is 0 Å². The molecule has 0 bridgehead atoms. The predicted octanol–water partition coefficient (Wildman–Crippen LogP) is 2.77. The van der Waals surface area contributed by atoms with Gasteiger partial charge in [-0.25, -0.2) is 4.79 Å². The molecule has 1 aromatic rings. The normalized spacial score (nSPS) is 26.7. The van der Waals surface area contributed by atoms with E-state index in [1.807, 2.05) is 30.3 Å². The molecule has 1 aliphatic carbocycles. The number of aliphatic carboxylic acids is 1. The van der Waals surface area contributed by atoms with Crippen molar-refractivity contribution in [3.8, 4) is 0 Å². The van der Waals surface area contributed by atoms with Gasteiger partial charge in [0.1, 0.15) is 12.1 Å². The Labute approximate surface area is 188 Å². The molecule has 1 aromatic carbocycles. The molecule has 0 unspecified atom stereocenters. The molecule has 0 radical (unpaired) electrons. The van der Waals surface area contributed by atoms with Crippen LogP contribution < -0.4 is 5.32 Å².